The van der Waals surface area contributed by atoms with Gasteiger partial charge in [0.2, 0.25) is 0 Å². The van der Waals surface area contributed by atoms with Crippen LogP contribution in [0.3, 0.4) is 0 Å². The fourth-order valence-corrected chi connectivity index (χ4v) is 0.498. The molecule has 2 N–H and O–H groups in total. The van der Waals surface area contributed by atoms with Gasteiger partial charge in [0.15, 0.2) is 0 Å². The summed E-state index contributed by atoms with van der Waals surface area (Å²) in [4.78, 5) is 0. The number of allylic oxidation sites excluding steroid dienone is 2. The van der Waals surface area contributed by atoms with E-state index in [2.05, 4.69) is 33.4 Å². The van der Waals surface area contributed by atoms with Crippen molar-refractivity contribution in [1.82, 2.24) is 0 Å². The maximum absolute atomic E-state index is 5.36. The molecule has 0 spiro atoms. The summed E-state index contributed by atoms with van der Waals surface area (Å²) in [7, 11) is 0. The molecule has 0 rings (SSSR count). The predicted molar refractivity (Wildman–Crippen MR) is 46.5 cm³/mol. The summed E-state index contributed by atoms with van der Waals surface area (Å²) < 4.78 is 0. The van der Waals surface area contributed by atoms with Crippen molar-refractivity contribution in [3.8, 4) is 0 Å². The second-order valence-corrected chi connectivity index (χ2v) is 3.04. The van der Waals surface area contributed by atoms with Gasteiger partial charge in [-0.05, 0) is 17.9 Å². The lowest BCUT2D eigenvalue weighted by Crippen LogP contribution is -2.00. The van der Waals surface area contributed by atoms with Gasteiger partial charge in [-0.2, -0.15) is 0 Å². The zero-order chi connectivity index (χ0) is 8.15. The zero-order valence-electron chi connectivity index (χ0n) is 7.09. The molecule has 0 aromatic carbocycles. The van der Waals surface area contributed by atoms with E-state index in [9.17, 15) is 0 Å². The van der Waals surface area contributed by atoms with Crippen LogP contribution in [0, 0.1) is 11.8 Å². The number of hydrogen-bond acceptors (Lipinski definition) is 1. The van der Waals surface area contributed by atoms with E-state index in [1.165, 1.54) is 0 Å². The SMILES string of the molecule is C=C(N)/C=C\C(C)C(C)C. The maximum atomic E-state index is 5.36. The maximum Gasteiger partial charge on any atom is 0.0237 e. The average Bonchev–Trinajstić information content (AvgIpc) is 1.82. The minimum Gasteiger partial charge on any atom is -0.399 e. The van der Waals surface area contributed by atoms with Crippen LogP contribution in [0.15, 0.2) is 24.4 Å². The quantitative estimate of drug-likeness (QED) is 0.596. The molecule has 0 aliphatic carbocycles. The number of hydrogen-bond donors (Lipinski definition) is 1. The van der Waals surface area contributed by atoms with Crippen LogP contribution in [0.2, 0.25) is 0 Å². The smallest absolute Gasteiger partial charge is 0.0237 e. The Morgan fingerprint density at radius 2 is 1.90 bits per heavy atom. The molecule has 1 unspecified atom stereocenters. The van der Waals surface area contributed by atoms with Gasteiger partial charge in [0.1, 0.15) is 0 Å². The summed E-state index contributed by atoms with van der Waals surface area (Å²) in [6.07, 6.45) is 3.96. The van der Waals surface area contributed by atoms with Crippen molar-refractivity contribution in [2.75, 3.05) is 0 Å². The molecule has 0 saturated carbocycles. The third-order valence-corrected chi connectivity index (χ3v) is 1.67. The summed E-state index contributed by atoms with van der Waals surface area (Å²) in [5, 5.41) is 0. The molecular weight excluding hydrogens is 122 g/mol. The van der Waals surface area contributed by atoms with Crippen molar-refractivity contribution >= 4 is 0 Å². The molecule has 0 aliphatic heterocycles. The lowest BCUT2D eigenvalue weighted by molar-refractivity contribution is 0.504. The van der Waals surface area contributed by atoms with Crippen LogP contribution in [-0.4, -0.2) is 0 Å². The molecule has 1 nitrogen and oxygen atoms in total. The Hall–Kier alpha value is -0.720. The van der Waals surface area contributed by atoms with Crippen molar-refractivity contribution in [3.63, 3.8) is 0 Å². The highest BCUT2D eigenvalue weighted by atomic mass is 14.5. The van der Waals surface area contributed by atoms with Gasteiger partial charge in [-0.15, -0.1) is 0 Å². The van der Waals surface area contributed by atoms with Crippen LogP contribution >= 0.6 is 0 Å². The molecule has 1 heteroatoms. The molecule has 58 valence electrons. The minimum absolute atomic E-state index is 0.584. The van der Waals surface area contributed by atoms with E-state index in [0.29, 0.717) is 17.5 Å². The van der Waals surface area contributed by atoms with E-state index in [1.54, 1.807) is 0 Å². The van der Waals surface area contributed by atoms with Crippen molar-refractivity contribution in [1.29, 1.82) is 0 Å². The Bertz CT molecular complexity index is 134. The van der Waals surface area contributed by atoms with E-state index in [1.807, 2.05) is 6.08 Å². The average molecular weight is 139 g/mol. The molecule has 0 amide bonds. The summed E-state index contributed by atoms with van der Waals surface area (Å²) in [5.74, 6) is 1.26. The van der Waals surface area contributed by atoms with Gasteiger partial charge in [-0.1, -0.05) is 33.4 Å². The van der Waals surface area contributed by atoms with Crippen molar-refractivity contribution in [3.05, 3.63) is 24.4 Å². The molecule has 0 heterocycles. The van der Waals surface area contributed by atoms with Crippen LogP contribution in [0.5, 0.6) is 0 Å². The van der Waals surface area contributed by atoms with Gasteiger partial charge in [0.25, 0.3) is 0 Å². The van der Waals surface area contributed by atoms with Gasteiger partial charge in [0, 0.05) is 5.70 Å². The highest BCUT2D eigenvalue weighted by Crippen LogP contribution is 2.10. The highest BCUT2D eigenvalue weighted by molar-refractivity contribution is 5.10. The van der Waals surface area contributed by atoms with Gasteiger partial charge in [-0.25, -0.2) is 0 Å². The monoisotopic (exact) mass is 139 g/mol. The normalized spacial score (nSPS) is 14.4. The van der Waals surface area contributed by atoms with E-state index < -0.39 is 0 Å². The van der Waals surface area contributed by atoms with Crippen LogP contribution in [0.4, 0.5) is 0 Å². The van der Waals surface area contributed by atoms with Crippen molar-refractivity contribution < 1.29 is 0 Å². The molecule has 10 heavy (non-hydrogen) atoms. The first-order valence-corrected chi connectivity index (χ1v) is 3.66. The van der Waals surface area contributed by atoms with Crippen LogP contribution < -0.4 is 5.73 Å². The molecule has 0 fully saturated rings. The molecule has 0 aromatic rings. The zero-order valence-corrected chi connectivity index (χ0v) is 7.09. The second kappa shape index (κ2) is 4.15. The van der Waals surface area contributed by atoms with E-state index in [0.717, 1.165) is 0 Å². The Balaban J connectivity index is 3.77. The minimum atomic E-state index is 0.584. The fraction of sp³-hybridized carbons (Fsp3) is 0.556. The van der Waals surface area contributed by atoms with E-state index in [4.69, 9.17) is 5.73 Å². The van der Waals surface area contributed by atoms with Crippen molar-refractivity contribution in [2.45, 2.75) is 20.8 Å². The van der Waals surface area contributed by atoms with Crippen LogP contribution in [0.25, 0.3) is 0 Å². The molecule has 0 bridgehead atoms. The first-order valence-electron chi connectivity index (χ1n) is 3.66. The molecule has 1 atom stereocenters. The molecule has 0 aliphatic rings. The molecule has 0 saturated heterocycles. The van der Waals surface area contributed by atoms with Crippen molar-refractivity contribution in [2.24, 2.45) is 17.6 Å². The number of rotatable bonds is 3. The molecular formula is C9H17N. The first-order chi connectivity index (χ1) is 4.54. The summed E-state index contributed by atoms with van der Waals surface area (Å²) in [6.45, 7) is 10.1. The molecule has 0 aromatic heterocycles. The largest absolute Gasteiger partial charge is 0.399 e. The fourth-order valence-electron chi connectivity index (χ4n) is 0.498. The van der Waals surface area contributed by atoms with Gasteiger partial charge in [0.05, 0.1) is 0 Å². The third kappa shape index (κ3) is 4.19. The topological polar surface area (TPSA) is 26.0 Å². The number of nitrogens with two attached hydrogens (primary N) is 1. The summed E-state index contributed by atoms with van der Waals surface area (Å²) in [5.41, 5.74) is 5.99. The summed E-state index contributed by atoms with van der Waals surface area (Å²) in [6, 6.07) is 0. The summed E-state index contributed by atoms with van der Waals surface area (Å²) >= 11 is 0. The lowest BCUT2D eigenvalue weighted by Gasteiger charge is -2.08. The first kappa shape index (κ1) is 9.28. The Kier molecular flexibility index (Phi) is 3.85. The Morgan fingerprint density at radius 1 is 1.40 bits per heavy atom. The van der Waals surface area contributed by atoms with Crippen LogP contribution in [-0.2, 0) is 0 Å². The Morgan fingerprint density at radius 3 is 2.20 bits per heavy atom. The van der Waals surface area contributed by atoms with E-state index in [-0.39, 0.29) is 0 Å². The van der Waals surface area contributed by atoms with Gasteiger partial charge in [-0.3, -0.25) is 0 Å². The van der Waals surface area contributed by atoms with Gasteiger partial charge < -0.3 is 5.73 Å². The Labute approximate surface area is 63.6 Å². The van der Waals surface area contributed by atoms with E-state index >= 15 is 0 Å². The standard InChI is InChI=1S/C9H17N/c1-7(2)8(3)5-6-9(4)10/h5-8H,4,10H2,1-3H3/b6-5-. The third-order valence-electron chi connectivity index (χ3n) is 1.67. The predicted octanol–water partition coefficient (Wildman–Crippen LogP) is 2.31. The van der Waals surface area contributed by atoms with Crippen LogP contribution in [0.1, 0.15) is 20.8 Å². The molecule has 0 radical (unpaired) electrons. The second-order valence-electron chi connectivity index (χ2n) is 3.04. The highest BCUT2D eigenvalue weighted by Gasteiger charge is 2.00. The lowest BCUT2D eigenvalue weighted by atomic mass is 9.98. The van der Waals surface area contributed by atoms with Gasteiger partial charge >= 0.3 is 0 Å².